The number of carbonyl (C=O) groups excluding carboxylic acids is 1. The smallest absolute Gasteiger partial charge is 0.346 e. The van der Waals surface area contributed by atoms with Gasteiger partial charge in [-0.15, -0.1) is 0 Å². The van der Waals surface area contributed by atoms with Crippen molar-refractivity contribution in [2.75, 3.05) is 0 Å². The lowest BCUT2D eigenvalue weighted by Gasteiger charge is -2.12. The van der Waals surface area contributed by atoms with Crippen LogP contribution in [0.2, 0.25) is 0 Å². The number of amides is 1. The van der Waals surface area contributed by atoms with Crippen LogP contribution in [-0.2, 0) is 13.1 Å². The third-order valence-electron chi connectivity index (χ3n) is 4.87. The highest BCUT2D eigenvalue weighted by Crippen LogP contribution is 2.06. The Morgan fingerprint density at radius 3 is 2.27 bits per heavy atom. The molecule has 1 N–H and O–H groups in total. The van der Waals surface area contributed by atoms with Crippen LogP contribution in [0.4, 0.5) is 8.78 Å². The van der Waals surface area contributed by atoms with Gasteiger partial charge in [0.15, 0.2) is 0 Å². The van der Waals surface area contributed by atoms with Gasteiger partial charge in [-0.2, -0.15) is 9.78 Å². The molecule has 7 nitrogen and oxygen atoms in total. The van der Waals surface area contributed by atoms with Crippen molar-refractivity contribution in [3.05, 3.63) is 128 Å². The normalized spacial score (nSPS) is 10.7. The topological polar surface area (TPSA) is 86.0 Å². The molecule has 1 heterocycles. The summed E-state index contributed by atoms with van der Waals surface area (Å²) in [6.07, 6.45) is 0. The minimum absolute atomic E-state index is 0.0224. The van der Waals surface area contributed by atoms with Crippen LogP contribution in [0.1, 0.15) is 21.6 Å². The number of nitrogens with zero attached hydrogens (tertiary/aromatic N) is 3. The second-order valence-electron chi connectivity index (χ2n) is 7.21. The molecular weight excluding hydrogens is 430 g/mol. The zero-order chi connectivity index (χ0) is 23.4. The summed E-state index contributed by atoms with van der Waals surface area (Å²) >= 11 is 0. The summed E-state index contributed by atoms with van der Waals surface area (Å²) in [6, 6.07) is 19.3. The number of benzene rings is 3. The number of halogens is 2. The molecule has 0 spiro atoms. The van der Waals surface area contributed by atoms with Gasteiger partial charge in [-0.05, 0) is 47.5 Å². The molecule has 0 fully saturated rings. The number of hydrogen-bond donors (Lipinski definition) is 1. The Kier molecular flexibility index (Phi) is 6.21. The average Bonchev–Trinajstić information content (AvgIpc) is 2.82. The van der Waals surface area contributed by atoms with E-state index >= 15 is 0 Å². The van der Waals surface area contributed by atoms with Gasteiger partial charge in [0.1, 0.15) is 11.6 Å². The van der Waals surface area contributed by atoms with E-state index in [1.165, 1.54) is 42.5 Å². The summed E-state index contributed by atoms with van der Waals surface area (Å²) in [7, 11) is 0. The fraction of sp³-hybridized carbons (Fsp3) is 0.0833. The molecular formula is C24H18F2N4O3. The zero-order valence-corrected chi connectivity index (χ0v) is 17.2. The van der Waals surface area contributed by atoms with Gasteiger partial charge in [0, 0.05) is 6.54 Å². The number of rotatable bonds is 6. The van der Waals surface area contributed by atoms with Crippen LogP contribution in [-0.4, -0.2) is 20.3 Å². The van der Waals surface area contributed by atoms with E-state index in [1.807, 2.05) is 0 Å². The monoisotopic (exact) mass is 448 g/mol. The van der Waals surface area contributed by atoms with Gasteiger partial charge in [-0.25, -0.2) is 13.6 Å². The van der Waals surface area contributed by atoms with Crippen LogP contribution in [0.5, 0.6) is 0 Å². The maximum Gasteiger partial charge on any atom is 0.352 e. The Morgan fingerprint density at radius 1 is 0.848 bits per heavy atom. The lowest BCUT2D eigenvalue weighted by atomic mass is 10.2. The molecule has 33 heavy (non-hydrogen) atoms. The molecule has 0 bridgehead atoms. The first-order valence-corrected chi connectivity index (χ1v) is 9.99. The van der Waals surface area contributed by atoms with Crippen molar-refractivity contribution in [1.29, 1.82) is 0 Å². The number of carbonyl (C=O) groups is 1. The largest absolute Gasteiger partial charge is 0.352 e. The molecule has 4 aromatic rings. The molecule has 0 aliphatic heterocycles. The molecule has 0 atom stereocenters. The van der Waals surface area contributed by atoms with Crippen molar-refractivity contribution < 1.29 is 13.6 Å². The summed E-state index contributed by atoms with van der Waals surface area (Å²) in [6.45, 7) is -0.225. The lowest BCUT2D eigenvalue weighted by molar-refractivity contribution is 0.0941. The van der Waals surface area contributed by atoms with Crippen molar-refractivity contribution >= 4 is 5.91 Å². The molecule has 3 aromatic carbocycles. The molecule has 0 unspecified atom stereocenters. The van der Waals surface area contributed by atoms with Crippen molar-refractivity contribution in [3.63, 3.8) is 0 Å². The van der Waals surface area contributed by atoms with E-state index in [0.29, 0.717) is 16.8 Å². The highest BCUT2D eigenvalue weighted by atomic mass is 19.1. The fourth-order valence-corrected chi connectivity index (χ4v) is 3.22. The molecule has 0 aliphatic carbocycles. The predicted molar refractivity (Wildman–Crippen MR) is 117 cm³/mol. The quantitative estimate of drug-likeness (QED) is 0.492. The van der Waals surface area contributed by atoms with Crippen LogP contribution in [0.3, 0.4) is 0 Å². The average molecular weight is 448 g/mol. The Bertz CT molecular complexity index is 1410. The van der Waals surface area contributed by atoms with E-state index in [2.05, 4.69) is 10.4 Å². The SMILES string of the molecule is O=C(NCc1ccc(F)cc1)c1nn(-c2ccccc2)c(=O)n(Cc2cccc(F)c2)c1=O. The standard InChI is InChI=1S/C24H18F2N4O3/c25-18-11-9-16(10-12-18)14-27-22(31)21-23(32)29(15-17-5-4-6-19(26)13-17)24(33)30(28-21)20-7-2-1-3-8-20/h1-13H,14-15H2,(H,27,31). The van der Waals surface area contributed by atoms with E-state index in [1.54, 1.807) is 36.4 Å². The number of para-hydroxylation sites is 1. The third-order valence-corrected chi connectivity index (χ3v) is 4.87. The van der Waals surface area contributed by atoms with Gasteiger partial charge in [-0.3, -0.25) is 14.2 Å². The maximum atomic E-state index is 13.6. The van der Waals surface area contributed by atoms with Crippen LogP contribution >= 0.6 is 0 Å². The summed E-state index contributed by atoms with van der Waals surface area (Å²) in [5.74, 6) is -1.74. The summed E-state index contributed by atoms with van der Waals surface area (Å²) in [4.78, 5) is 38.9. The van der Waals surface area contributed by atoms with Crippen LogP contribution < -0.4 is 16.6 Å². The first kappa shape index (κ1) is 21.8. The van der Waals surface area contributed by atoms with Crippen LogP contribution in [0.15, 0.2) is 88.5 Å². The molecule has 0 aliphatic rings. The summed E-state index contributed by atoms with van der Waals surface area (Å²) in [5.41, 5.74) is -0.850. The van der Waals surface area contributed by atoms with Crippen molar-refractivity contribution in [2.24, 2.45) is 0 Å². The summed E-state index contributed by atoms with van der Waals surface area (Å²) < 4.78 is 28.5. The van der Waals surface area contributed by atoms with Crippen LogP contribution in [0, 0.1) is 11.6 Å². The molecule has 166 valence electrons. The number of nitrogens with one attached hydrogen (secondary N) is 1. The molecule has 0 radical (unpaired) electrons. The fourth-order valence-electron chi connectivity index (χ4n) is 3.22. The van der Waals surface area contributed by atoms with Crippen molar-refractivity contribution in [2.45, 2.75) is 13.1 Å². The van der Waals surface area contributed by atoms with Gasteiger partial charge >= 0.3 is 5.69 Å². The van der Waals surface area contributed by atoms with Crippen molar-refractivity contribution in [1.82, 2.24) is 19.7 Å². The van der Waals surface area contributed by atoms with E-state index < -0.39 is 34.5 Å². The van der Waals surface area contributed by atoms with E-state index in [9.17, 15) is 23.2 Å². The number of aromatic nitrogens is 3. The van der Waals surface area contributed by atoms with E-state index in [-0.39, 0.29) is 13.1 Å². The predicted octanol–water partition coefficient (Wildman–Crippen LogP) is 2.65. The lowest BCUT2D eigenvalue weighted by Crippen LogP contribution is -2.46. The summed E-state index contributed by atoms with van der Waals surface area (Å²) in [5, 5.41) is 6.57. The molecule has 9 heteroatoms. The molecule has 1 aromatic heterocycles. The van der Waals surface area contributed by atoms with Gasteiger partial charge < -0.3 is 5.32 Å². The van der Waals surface area contributed by atoms with E-state index in [0.717, 1.165) is 9.25 Å². The van der Waals surface area contributed by atoms with E-state index in [4.69, 9.17) is 0 Å². The van der Waals surface area contributed by atoms with Gasteiger partial charge in [0.05, 0.1) is 12.2 Å². The Labute approximate surface area is 186 Å². The second-order valence-corrected chi connectivity index (χ2v) is 7.21. The van der Waals surface area contributed by atoms with Crippen LogP contribution in [0.25, 0.3) is 5.69 Å². The van der Waals surface area contributed by atoms with Gasteiger partial charge in [0.25, 0.3) is 11.5 Å². The van der Waals surface area contributed by atoms with Gasteiger partial charge in [0.2, 0.25) is 5.69 Å². The maximum absolute atomic E-state index is 13.6. The Balaban J connectivity index is 1.75. The highest BCUT2D eigenvalue weighted by Gasteiger charge is 2.20. The third kappa shape index (κ3) is 4.93. The van der Waals surface area contributed by atoms with Crippen molar-refractivity contribution in [3.8, 4) is 5.69 Å². The Morgan fingerprint density at radius 2 is 1.58 bits per heavy atom. The highest BCUT2D eigenvalue weighted by molar-refractivity contribution is 5.91. The minimum atomic E-state index is -0.909. The first-order chi connectivity index (χ1) is 15.9. The molecule has 0 saturated carbocycles. The second kappa shape index (κ2) is 9.39. The van der Waals surface area contributed by atoms with Gasteiger partial charge in [-0.1, -0.05) is 42.5 Å². The number of hydrogen-bond acceptors (Lipinski definition) is 4. The first-order valence-electron chi connectivity index (χ1n) is 9.99. The Hall–Kier alpha value is -4.40. The molecule has 0 saturated heterocycles. The zero-order valence-electron chi connectivity index (χ0n) is 17.2. The molecule has 1 amide bonds. The minimum Gasteiger partial charge on any atom is -0.346 e. The molecule has 4 rings (SSSR count).